The Morgan fingerprint density at radius 3 is 2.61 bits per heavy atom. The molecular weight excluding hydrogens is 356 g/mol. The van der Waals surface area contributed by atoms with Gasteiger partial charge in [-0.05, 0) is 36.6 Å². The molecule has 2 saturated heterocycles. The van der Waals surface area contributed by atoms with Gasteiger partial charge in [0.15, 0.2) is 0 Å². The molecule has 146 valence electrons. The summed E-state index contributed by atoms with van der Waals surface area (Å²) in [6, 6.07) is 13.1. The number of carboxylic acid groups (broad SMARTS) is 1. The first-order valence-electron chi connectivity index (χ1n) is 9.53. The first-order chi connectivity index (χ1) is 13.5. The zero-order chi connectivity index (χ0) is 19.7. The van der Waals surface area contributed by atoms with E-state index in [9.17, 15) is 14.7 Å². The summed E-state index contributed by atoms with van der Waals surface area (Å²) in [5.41, 5.74) is 9.15. The molecular formula is C21H24N4O3. The number of rotatable bonds is 4. The van der Waals surface area contributed by atoms with Gasteiger partial charge in [-0.2, -0.15) is 0 Å². The van der Waals surface area contributed by atoms with E-state index in [4.69, 9.17) is 0 Å². The highest BCUT2D eigenvalue weighted by molar-refractivity contribution is 5.84. The highest BCUT2D eigenvalue weighted by Crippen LogP contribution is 2.35. The third-order valence-electron chi connectivity index (χ3n) is 5.78. The predicted molar refractivity (Wildman–Crippen MR) is 103 cm³/mol. The first-order valence-corrected chi connectivity index (χ1v) is 9.53. The number of benzene rings is 1. The fourth-order valence-electron chi connectivity index (χ4n) is 4.27. The van der Waals surface area contributed by atoms with E-state index in [2.05, 4.69) is 15.8 Å². The summed E-state index contributed by atoms with van der Waals surface area (Å²) in [4.78, 5) is 30.9. The third-order valence-corrected chi connectivity index (χ3v) is 5.78. The van der Waals surface area contributed by atoms with Gasteiger partial charge in [0.05, 0.1) is 17.7 Å². The van der Waals surface area contributed by atoms with Crippen LogP contribution in [0.3, 0.4) is 0 Å². The summed E-state index contributed by atoms with van der Waals surface area (Å²) in [5.74, 6) is -1.70. The van der Waals surface area contributed by atoms with Crippen molar-refractivity contribution in [2.24, 2.45) is 5.92 Å². The molecule has 7 heteroatoms. The van der Waals surface area contributed by atoms with Crippen molar-refractivity contribution in [1.29, 1.82) is 0 Å². The number of carbonyl (C=O) groups is 2. The maximum atomic E-state index is 13.1. The van der Waals surface area contributed by atoms with E-state index in [0.29, 0.717) is 13.0 Å². The van der Waals surface area contributed by atoms with Gasteiger partial charge in [-0.15, -0.1) is 0 Å². The Morgan fingerprint density at radius 2 is 1.89 bits per heavy atom. The van der Waals surface area contributed by atoms with Crippen molar-refractivity contribution in [3.63, 3.8) is 0 Å². The van der Waals surface area contributed by atoms with Gasteiger partial charge in [-0.1, -0.05) is 30.3 Å². The molecule has 2 fully saturated rings. The molecule has 0 bridgehead atoms. The smallest absolute Gasteiger partial charge is 0.308 e. The van der Waals surface area contributed by atoms with Crippen LogP contribution in [0.1, 0.15) is 35.2 Å². The minimum atomic E-state index is -0.854. The van der Waals surface area contributed by atoms with Gasteiger partial charge in [0.2, 0.25) is 5.91 Å². The molecule has 1 aromatic heterocycles. The Kier molecular flexibility index (Phi) is 5.11. The lowest BCUT2D eigenvalue weighted by Gasteiger charge is -2.20. The highest BCUT2D eigenvalue weighted by atomic mass is 16.4. The predicted octanol–water partition coefficient (Wildman–Crippen LogP) is 1.62. The van der Waals surface area contributed by atoms with Crippen LogP contribution in [-0.4, -0.2) is 46.0 Å². The molecule has 2 aliphatic rings. The number of nitrogens with one attached hydrogen (secondary N) is 2. The summed E-state index contributed by atoms with van der Waals surface area (Å²) < 4.78 is 0. The molecule has 1 aromatic carbocycles. The zero-order valence-electron chi connectivity index (χ0n) is 15.7. The van der Waals surface area contributed by atoms with Gasteiger partial charge >= 0.3 is 5.97 Å². The fraction of sp³-hybridized carbons (Fsp3) is 0.381. The number of pyridine rings is 1. The van der Waals surface area contributed by atoms with E-state index in [-0.39, 0.29) is 24.4 Å². The van der Waals surface area contributed by atoms with Crippen LogP contribution in [0, 0.1) is 12.8 Å². The first kappa shape index (κ1) is 18.6. The van der Waals surface area contributed by atoms with Crippen LogP contribution < -0.4 is 10.9 Å². The lowest BCUT2D eigenvalue weighted by Crippen LogP contribution is -2.45. The molecule has 4 rings (SSSR count). The molecule has 1 amide bonds. The molecule has 0 aliphatic carbocycles. The molecule has 0 spiro atoms. The minimum absolute atomic E-state index is 0.0415. The fourth-order valence-corrected chi connectivity index (χ4v) is 4.27. The molecule has 4 atom stereocenters. The van der Waals surface area contributed by atoms with Crippen LogP contribution in [0.25, 0.3) is 0 Å². The number of carbonyl (C=O) groups excluding carboxylic acids is 1. The number of aromatic nitrogens is 1. The van der Waals surface area contributed by atoms with E-state index in [1.165, 1.54) is 0 Å². The van der Waals surface area contributed by atoms with E-state index < -0.39 is 17.9 Å². The van der Waals surface area contributed by atoms with Gasteiger partial charge in [0.1, 0.15) is 6.04 Å². The standard InChI is InChI=1S/C21H24N4O3/c1-13-6-2-3-7-14(13)15-11-25(12-16(15)21(27)28)20(26)19-10-18(23-24-19)17-8-4-5-9-22-17/h2-9,15-16,18-19,23-24H,10-12H2,1H3,(H,27,28)/t15-,16+,18?,19?/m0/s1. The van der Waals surface area contributed by atoms with Crippen LogP contribution in [0.5, 0.6) is 0 Å². The molecule has 7 nitrogen and oxygen atoms in total. The Labute approximate surface area is 163 Å². The molecule has 3 N–H and O–H groups in total. The Bertz CT molecular complexity index is 873. The van der Waals surface area contributed by atoms with Crippen molar-refractivity contribution >= 4 is 11.9 Å². The van der Waals surface area contributed by atoms with Crippen molar-refractivity contribution in [2.75, 3.05) is 13.1 Å². The molecule has 0 radical (unpaired) electrons. The minimum Gasteiger partial charge on any atom is -0.481 e. The van der Waals surface area contributed by atoms with Gasteiger partial charge in [-0.25, -0.2) is 10.9 Å². The Balaban J connectivity index is 1.48. The van der Waals surface area contributed by atoms with Crippen LogP contribution >= 0.6 is 0 Å². The number of likely N-dealkylation sites (tertiary alicyclic amines) is 1. The van der Waals surface area contributed by atoms with Crippen LogP contribution in [0.2, 0.25) is 0 Å². The largest absolute Gasteiger partial charge is 0.481 e. The number of aliphatic carboxylic acids is 1. The number of hydrazine groups is 1. The lowest BCUT2D eigenvalue weighted by molar-refractivity contribution is -0.142. The maximum Gasteiger partial charge on any atom is 0.308 e. The van der Waals surface area contributed by atoms with Crippen LogP contribution in [0.4, 0.5) is 0 Å². The van der Waals surface area contributed by atoms with Crippen molar-refractivity contribution in [2.45, 2.75) is 31.3 Å². The monoisotopic (exact) mass is 380 g/mol. The quantitative estimate of drug-likeness (QED) is 0.746. The maximum absolute atomic E-state index is 13.1. The van der Waals surface area contributed by atoms with E-state index >= 15 is 0 Å². The molecule has 0 saturated carbocycles. The Morgan fingerprint density at radius 1 is 1.11 bits per heavy atom. The number of aryl methyl sites for hydroxylation is 1. The van der Waals surface area contributed by atoms with Crippen LogP contribution in [-0.2, 0) is 9.59 Å². The van der Waals surface area contributed by atoms with Crippen molar-refractivity contribution in [3.8, 4) is 0 Å². The second kappa shape index (κ2) is 7.69. The zero-order valence-corrected chi connectivity index (χ0v) is 15.7. The molecule has 28 heavy (non-hydrogen) atoms. The molecule has 2 unspecified atom stereocenters. The number of hydrogen-bond donors (Lipinski definition) is 3. The summed E-state index contributed by atoms with van der Waals surface area (Å²) in [5, 5.41) is 9.72. The number of carboxylic acids is 1. The molecule has 2 aliphatic heterocycles. The van der Waals surface area contributed by atoms with Crippen molar-refractivity contribution < 1.29 is 14.7 Å². The summed E-state index contributed by atoms with van der Waals surface area (Å²) in [6.07, 6.45) is 2.32. The SMILES string of the molecule is Cc1ccccc1[C@@H]1CN(C(=O)C2CC(c3ccccn3)NN2)C[C@H]1C(=O)O. The number of amides is 1. The Hall–Kier alpha value is -2.77. The lowest BCUT2D eigenvalue weighted by atomic mass is 9.86. The van der Waals surface area contributed by atoms with Crippen molar-refractivity contribution in [1.82, 2.24) is 20.7 Å². The van der Waals surface area contributed by atoms with Crippen molar-refractivity contribution in [3.05, 3.63) is 65.5 Å². The van der Waals surface area contributed by atoms with Gasteiger partial charge in [-0.3, -0.25) is 14.6 Å². The molecule has 3 heterocycles. The highest BCUT2D eigenvalue weighted by Gasteiger charge is 2.43. The van der Waals surface area contributed by atoms with Crippen LogP contribution in [0.15, 0.2) is 48.7 Å². The third kappa shape index (κ3) is 3.50. The topological polar surface area (TPSA) is 94.6 Å². The summed E-state index contributed by atoms with van der Waals surface area (Å²) >= 11 is 0. The second-order valence-electron chi connectivity index (χ2n) is 7.54. The van der Waals surface area contributed by atoms with E-state index in [0.717, 1.165) is 16.8 Å². The van der Waals surface area contributed by atoms with E-state index in [1.807, 2.05) is 49.4 Å². The van der Waals surface area contributed by atoms with E-state index in [1.54, 1.807) is 11.1 Å². The number of nitrogens with zero attached hydrogens (tertiary/aromatic N) is 2. The molecule has 2 aromatic rings. The average Bonchev–Trinajstić information content (AvgIpc) is 3.36. The summed E-state index contributed by atoms with van der Waals surface area (Å²) in [7, 11) is 0. The average molecular weight is 380 g/mol. The van der Waals surface area contributed by atoms with Gasteiger partial charge < -0.3 is 10.0 Å². The van der Waals surface area contributed by atoms with Gasteiger partial charge in [0, 0.05) is 25.2 Å². The second-order valence-corrected chi connectivity index (χ2v) is 7.54. The van der Waals surface area contributed by atoms with Gasteiger partial charge in [0.25, 0.3) is 0 Å². The normalized spacial score (nSPS) is 27.1. The number of hydrogen-bond acceptors (Lipinski definition) is 5. The summed E-state index contributed by atoms with van der Waals surface area (Å²) in [6.45, 7) is 2.64.